The van der Waals surface area contributed by atoms with Gasteiger partial charge in [-0.1, -0.05) is 43.4 Å². The van der Waals surface area contributed by atoms with Gasteiger partial charge >= 0.3 is 5.97 Å². The molecule has 0 aliphatic heterocycles. The maximum absolute atomic E-state index is 12.2. The highest BCUT2D eigenvalue weighted by Gasteiger charge is 2.09. The number of benzene rings is 2. The SMILES string of the molecule is C[n+]1cccc(C(=O)NCCCCCCCCOc2ccc(OC(=O)c3cccc(Cl)c3)cc2)c1. The zero-order valence-corrected chi connectivity index (χ0v) is 20.8. The van der Waals surface area contributed by atoms with Gasteiger partial charge in [0.1, 0.15) is 24.1 Å². The monoisotopic (exact) mass is 495 g/mol. The Balaban J connectivity index is 1.21. The summed E-state index contributed by atoms with van der Waals surface area (Å²) in [6.07, 6.45) is 10.2. The van der Waals surface area contributed by atoms with Crippen LogP contribution in [0.1, 0.15) is 59.2 Å². The minimum Gasteiger partial charge on any atom is -0.494 e. The summed E-state index contributed by atoms with van der Waals surface area (Å²) in [4.78, 5) is 24.3. The maximum Gasteiger partial charge on any atom is 0.343 e. The number of nitrogens with zero attached hydrogens (tertiary/aromatic N) is 1. The van der Waals surface area contributed by atoms with Crippen molar-refractivity contribution in [3.05, 3.63) is 89.2 Å². The van der Waals surface area contributed by atoms with Crippen LogP contribution in [0.15, 0.2) is 73.1 Å². The average Bonchev–Trinajstić information content (AvgIpc) is 2.86. The van der Waals surface area contributed by atoms with Gasteiger partial charge < -0.3 is 14.8 Å². The second-order valence-corrected chi connectivity index (χ2v) is 8.79. The van der Waals surface area contributed by atoms with E-state index in [-0.39, 0.29) is 5.91 Å². The van der Waals surface area contributed by atoms with E-state index in [4.69, 9.17) is 21.1 Å². The van der Waals surface area contributed by atoms with Crippen LogP contribution < -0.4 is 19.4 Å². The molecule has 0 fully saturated rings. The Bertz CT molecular complexity index is 1100. The van der Waals surface area contributed by atoms with Crippen molar-refractivity contribution >= 4 is 23.5 Å². The Kier molecular flexibility index (Phi) is 10.6. The summed E-state index contributed by atoms with van der Waals surface area (Å²) in [5.41, 5.74) is 1.09. The van der Waals surface area contributed by atoms with Gasteiger partial charge in [0.2, 0.25) is 0 Å². The van der Waals surface area contributed by atoms with E-state index in [1.165, 1.54) is 0 Å². The van der Waals surface area contributed by atoms with E-state index in [2.05, 4.69) is 5.32 Å². The summed E-state index contributed by atoms with van der Waals surface area (Å²) in [6.45, 7) is 1.34. The molecule has 0 spiro atoms. The summed E-state index contributed by atoms with van der Waals surface area (Å²) in [5, 5.41) is 3.47. The molecule has 0 atom stereocenters. The maximum atomic E-state index is 12.2. The second kappa shape index (κ2) is 14.1. The number of hydrogen-bond donors (Lipinski definition) is 1. The number of carbonyl (C=O) groups excluding carboxylic acids is 2. The van der Waals surface area contributed by atoms with Gasteiger partial charge in [-0.05, 0) is 61.4 Å². The van der Waals surface area contributed by atoms with Crippen LogP contribution >= 0.6 is 11.6 Å². The number of ether oxygens (including phenoxy) is 2. The lowest BCUT2D eigenvalue weighted by molar-refractivity contribution is -0.671. The van der Waals surface area contributed by atoms with E-state index < -0.39 is 5.97 Å². The lowest BCUT2D eigenvalue weighted by Gasteiger charge is -2.08. The molecule has 0 radical (unpaired) electrons. The van der Waals surface area contributed by atoms with Crippen molar-refractivity contribution in [2.24, 2.45) is 7.05 Å². The van der Waals surface area contributed by atoms with Gasteiger partial charge in [0.05, 0.1) is 12.2 Å². The van der Waals surface area contributed by atoms with Crippen LogP contribution in [0.25, 0.3) is 0 Å². The molecule has 0 aliphatic rings. The van der Waals surface area contributed by atoms with Crippen molar-refractivity contribution in [2.45, 2.75) is 38.5 Å². The predicted octanol–water partition coefficient (Wildman–Crippen LogP) is 5.53. The van der Waals surface area contributed by atoms with Crippen LogP contribution in [0.2, 0.25) is 5.02 Å². The van der Waals surface area contributed by atoms with Crippen LogP contribution in [-0.2, 0) is 7.05 Å². The zero-order valence-electron chi connectivity index (χ0n) is 20.0. The number of halogens is 1. The Morgan fingerprint density at radius 2 is 1.54 bits per heavy atom. The minimum absolute atomic E-state index is 0.0225. The molecular weight excluding hydrogens is 464 g/mol. The lowest BCUT2D eigenvalue weighted by atomic mass is 10.1. The van der Waals surface area contributed by atoms with Crippen molar-refractivity contribution in [1.82, 2.24) is 5.32 Å². The molecule has 0 bridgehead atoms. The molecule has 6 nitrogen and oxygen atoms in total. The van der Waals surface area contributed by atoms with E-state index in [0.29, 0.717) is 35.1 Å². The molecule has 0 saturated carbocycles. The average molecular weight is 496 g/mol. The summed E-state index contributed by atoms with van der Waals surface area (Å²) >= 11 is 5.92. The van der Waals surface area contributed by atoms with E-state index in [0.717, 1.165) is 44.3 Å². The van der Waals surface area contributed by atoms with Gasteiger partial charge in [-0.15, -0.1) is 0 Å². The summed E-state index contributed by atoms with van der Waals surface area (Å²) in [5.74, 6) is 0.728. The molecule has 2 aromatic carbocycles. The number of amides is 1. The summed E-state index contributed by atoms with van der Waals surface area (Å²) in [6, 6.07) is 17.4. The van der Waals surface area contributed by atoms with Crippen molar-refractivity contribution in [1.29, 1.82) is 0 Å². The normalized spacial score (nSPS) is 10.6. The van der Waals surface area contributed by atoms with Crippen molar-refractivity contribution < 1.29 is 23.6 Å². The van der Waals surface area contributed by atoms with E-state index >= 15 is 0 Å². The lowest BCUT2D eigenvalue weighted by Crippen LogP contribution is -2.31. The van der Waals surface area contributed by atoms with Gasteiger partial charge in [-0.3, -0.25) is 4.79 Å². The number of hydrogen-bond acceptors (Lipinski definition) is 4. The van der Waals surface area contributed by atoms with Gasteiger partial charge in [0.15, 0.2) is 12.4 Å². The van der Waals surface area contributed by atoms with Crippen LogP contribution in [-0.4, -0.2) is 25.0 Å². The van der Waals surface area contributed by atoms with Crippen LogP contribution in [0.3, 0.4) is 0 Å². The molecule has 0 saturated heterocycles. The first-order valence-corrected chi connectivity index (χ1v) is 12.3. The summed E-state index contributed by atoms with van der Waals surface area (Å²) in [7, 11) is 1.90. The van der Waals surface area contributed by atoms with Gasteiger partial charge in [0.25, 0.3) is 5.91 Å². The smallest absolute Gasteiger partial charge is 0.343 e. The third-order valence-corrected chi connectivity index (χ3v) is 5.66. The number of nitrogens with one attached hydrogen (secondary N) is 1. The number of carbonyl (C=O) groups is 2. The first kappa shape index (κ1) is 26.2. The molecule has 0 aliphatic carbocycles. The van der Waals surface area contributed by atoms with Crippen LogP contribution in [0, 0.1) is 0 Å². The Labute approximate surface area is 211 Å². The first-order valence-electron chi connectivity index (χ1n) is 12.0. The molecule has 1 N–H and O–H groups in total. The quantitative estimate of drug-likeness (QED) is 0.146. The second-order valence-electron chi connectivity index (χ2n) is 8.36. The Hall–Kier alpha value is -3.38. The molecule has 7 heteroatoms. The molecule has 1 aromatic heterocycles. The minimum atomic E-state index is -0.450. The van der Waals surface area contributed by atoms with Gasteiger partial charge in [-0.2, -0.15) is 0 Å². The van der Waals surface area contributed by atoms with E-state index in [1.54, 1.807) is 48.5 Å². The largest absolute Gasteiger partial charge is 0.494 e. The molecular formula is C28H32ClN2O4+. The van der Waals surface area contributed by atoms with Gasteiger partial charge in [-0.25, -0.2) is 9.36 Å². The highest BCUT2D eigenvalue weighted by molar-refractivity contribution is 6.30. The van der Waals surface area contributed by atoms with Crippen molar-refractivity contribution in [3.63, 3.8) is 0 Å². The fraction of sp³-hybridized carbons (Fsp3) is 0.321. The molecule has 35 heavy (non-hydrogen) atoms. The number of aromatic nitrogens is 1. The first-order chi connectivity index (χ1) is 17.0. The van der Waals surface area contributed by atoms with Gasteiger partial charge in [0, 0.05) is 17.6 Å². The van der Waals surface area contributed by atoms with Crippen molar-refractivity contribution in [3.8, 4) is 11.5 Å². The number of pyridine rings is 1. The molecule has 3 aromatic rings. The molecule has 1 amide bonds. The number of rotatable bonds is 13. The predicted molar refractivity (Wildman–Crippen MR) is 136 cm³/mol. The zero-order chi connectivity index (χ0) is 24.9. The highest BCUT2D eigenvalue weighted by atomic mass is 35.5. The van der Waals surface area contributed by atoms with Crippen LogP contribution in [0.5, 0.6) is 11.5 Å². The molecule has 0 unspecified atom stereocenters. The Morgan fingerprint density at radius 1 is 0.857 bits per heavy atom. The number of esters is 1. The third-order valence-electron chi connectivity index (χ3n) is 5.42. The van der Waals surface area contributed by atoms with Crippen LogP contribution in [0.4, 0.5) is 0 Å². The number of aryl methyl sites for hydroxylation is 1. The summed E-state index contributed by atoms with van der Waals surface area (Å²) < 4.78 is 13.0. The van der Waals surface area contributed by atoms with Crippen molar-refractivity contribution in [2.75, 3.05) is 13.2 Å². The third kappa shape index (κ3) is 9.41. The molecule has 1 heterocycles. The van der Waals surface area contributed by atoms with E-state index in [9.17, 15) is 9.59 Å². The standard InChI is InChI=1S/C28H31ClN2O4/c1-31-18-9-11-23(21-31)27(32)30-17-6-4-2-3-5-7-19-34-25-13-15-26(16-14-25)35-28(33)22-10-8-12-24(29)20-22/h8-16,18,20-21H,2-7,17,19H2,1H3/p+1. The topological polar surface area (TPSA) is 68.5 Å². The highest BCUT2D eigenvalue weighted by Crippen LogP contribution is 2.20. The number of unbranched alkanes of at least 4 members (excludes halogenated alkanes) is 5. The fourth-order valence-corrected chi connectivity index (χ4v) is 3.73. The fourth-order valence-electron chi connectivity index (χ4n) is 3.54. The Morgan fingerprint density at radius 3 is 2.29 bits per heavy atom. The van der Waals surface area contributed by atoms with E-state index in [1.807, 2.05) is 36.1 Å². The molecule has 184 valence electrons. The molecule has 3 rings (SSSR count).